The monoisotopic (exact) mass is 376 g/mol. The van der Waals surface area contributed by atoms with Crippen LogP contribution in [0, 0.1) is 5.82 Å². The average molecular weight is 377 g/mol. The van der Waals surface area contributed by atoms with Crippen molar-refractivity contribution in [3.63, 3.8) is 0 Å². The van der Waals surface area contributed by atoms with Gasteiger partial charge in [-0.3, -0.25) is 4.79 Å². The van der Waals surface area contributed by atoms with Crippen molar-refractivity contribution in [3.8, 4) is 0 Å². The van der Waals surface area contributed by atoms with Crippen LogP contribution < -0.4 is 0 Å². The fourth-order valence-electron chi connectivity index (χ4n) is 2.62. The number of carbonyl (C=O) groups excluding carboxylic acids is 1. The number of carbonyl (C=O) groups is 1. The first-order valence-electron chi connectivity index (χ1n) is 7.22. The van der Waals surface area contributed by atoms with Crippen LogP contribution in [0.25, 0.3) is 0 Å². The lowest BCUT2D eigenvalue weighted by atomic mass is 10.3. The molecule has 3 rings (SSSR count). The van der Waals surface area contributed by atoms with Crippen molar-refractivity contribution in [1.82, 2.24) is 9.21 Å². The molecule has 1 amide bonds. The molecule has 0 aromatic heterocycles. The predicted octanol–water partition coefficient (Wildman–Crippen LogP) is 1.46. The Labute approximate surface area is 143 Å². The zero-order valence-corrected chi connectivity index (χ0v) is 14.8. The number of hydrogen-bond acceptors (Lipinski definition) is 5. The van der Waals surface area contributed by atoms with E-state index in [0.29, 0.717) is 18.8 Å². The molecule has 0 spiro atoms. The minimum Gasteiger partial charge on any atom is -0.340 e. The van der Waals surface area contributed by atoms with E-state index >= 15 is 0 Å². The van der Waals surface area contributed by atoms with Crippen molar-refractivity contribution >= 4 is 39.5 Å². The second-order valence-corrected chi connectivity index (χ2v) is 9.42. The summed E-state index contributed by atoms with van der Waals surface area (Å²) in [4.78, 5) is 14.3. The fraction of sp³-hybridized carbons (Fsp3) is 0.500. The number of sulfonamides is 1. The van der Waals surface area contributed by atoms with Gasteiger partial charge in [-0.1, -0.05) is 6.07 Å². The zero-order valence-electron chi connectivity index (χ0n) is 12.4. The van der Waals surface area contributed by atoms with E-state index in [2.05, 4.69) is 0 Å². The van der Waals surface area contributed by atoms with Crippen molar-refractivity contribution in [2.75, 3.05) is 36.2 Å². The molecule has 2 fully saturated rings. The number of nitrogens with zero attached hydrogens (tertiary/aromatic N) is 2. The summed E-state index contributed by atoms with van der Waals surface area (Å²) in [6.45, 7) is 1.30. The molecule has 0 bridgehead atoms. The third-order valence-corrected chi connectivity index (χ3v) is 7.82. The maximum absolute atomic E-state index is 13.4. The van der Waals surface area contributed by atoms with E-state index in [9.17, 15) is 17.6 Å². The number of thioether (sulfide) groups is 2. The van der Waals surface area contributed by atoms with E-state index in [1.165, 1.54) is 34.3 Å². The van der Waals surface area contributed by atoms with Crippen molar-refractivity contribution in [2.24, 2.45) is 0 Å². The summed E-state index contributed by atoms with van der Waals surface area (Å²) in [7, 11) is -3.87. The Balaban J connectivity index is 1.84. The summed E-state index contributed by atoms with van der Waals surface area (Å²) in [5.74, 6) is 1.67. The Morgan fingerprint density at radius 3 is 2.65 bits per heavy atom. The molecule has 1 aromatic carbocycles. The summed E-state index contributed by atoms with van der Waals surface area (Å²) >= 11 is 3.20. The van der Waals surface area contributed by atoms with Crippen molar-refractivity contribution in [3.05, 3.63) is 30.1 Å². The van der Waals surface area contributed by atoms with Crippen LogP contribution in [-0.4, -0.2) is 65.8 Å². The van der Waals surface area contributed by atoms with Crippen LogP contribution >= 0.6 is 23.5 Å². The van der Waals surface area contributed by atoms with Crippen LogP contribution in [0.4, 0.5) is 4.39 Å². The van der Waals surface area contributed by atoms with Gasteiger partial charge in [0, 0.05) is 30.3 Å². The summed E-state index contributed by atoms with van der Waals surface area (Å²) < 4.78 is 40.1. The summed E-state index contributed by atoms with van der Waals surface area (Å²) in [6, 6.07) is 4.23. The number of amides is 1. The molecular formula is C14H17FN2O3S3. The van der Waals surface area contributed by atoms with E-state index in [0.717, 1.165) is 17.6 Å². The van der Waals surface area contributed by atoms with Crippen LogP contribution in [0.1, 0.15) is 0 Å². The summed E-state index contributed by atoms with van der Waals surface area (Å²) in [5, 5.41) is 0. The van der Waals surface area contributed by atoms with Crippen LogP contribution in [0.3, 0.4) is 0 Å². The van der Waals surface area contributed by atoms with Gasteiger partial charge < -0.3 is 4.90 Å². The lowest BCUT2D eigenvalue weighted by Gasteiger charge is -2.31. The molecular weight excluding hydrogens is 359 g/mol. The second-order valence-electron chi connectivity index (χ2n) is 5.30. The Morgan fingerprint density at radius 1 is 1.22 bits per heavy atom. The number of halogens is 1. The molecule has 5 nitrogen and oxygen atoms in total. The Bertz CT molecular complexity index is 692. The van der Waals surface area contributed by atoms with Gasteiger partial charge in [0.2, 0.25) is 15.9 Å². The van der Waals surface area contributed by atoms with Crippen molar-refractivity contribution in [2.45, 2.75) is 10.9 Å². The smallest absolute Gasteiger partial charge is 0.244 e. The fourth-order valence-corrected chi connectivity index (χ4v) is 6.69. The normalized spacial score (nSPS) is 23.2. The first kappa shape index (κ1) is 17.1. The lowest BCUT2D eigenvalue weighted by molar-refractivity contribution is -0.133. The van der Waals surface area contributed by atoms with Gasteiger partial charge in [-0.05, 0) is 18.2 Å². The van der Waals surface area contributed by atoms with Gasteiger partial charge in [0.05, 0.1) is 10.8 Å². The molecule has 2 saturated heterocycles. The first-order chi connectivity index (χ1) is 11.0. The maximum Gasteiger partial charge on any atom is 0.244 e. The Kier molecular flexibility index (Phi) is 5.19. The minimum absolute atomic E-state index is 0.105. The summed E-state index contributed by atoms with van der Waals surface area (Å²) in [6.07, 6.45) is 0. The topological polar surface area (TPSA) is 57.7 Å². The van der Waals surface area contributed by atoms with E-state index < -0.39 is 21.9 Å². The van der Waals surface area contributed by atoms with E-state index in [1.54, 1.807) is 16.7 Å². The highest BCUT2D eigenvalue weighted by atomic mass is 32.2. The van der Waals surface area contributed by atoms with Crippen LogP contribution in [0.2, 0.25) is 0 Å². The molecule has 2 aliphatic heterocycles. The maximum atomic E-state index is 13.4. The quantitative estimate of drug-likeness (QED) is 0.800. The first-order valence-corrected chi connectivity index (χ1v) is 11.0. The molecule has 0 unspecified atom stereocenters. The molecule has 0 radical (unpaired) electrons. The van der Waals surface area contributed by atoms with Gasteiger partial charge in [0.1, 0.15) is 11.9 Å². The summed E-state index contributed by atoms with van der Waals surface area (Å²) in [5.41, 5.74) is 0. The lowest BCUT2D eigenvalue weighted by Crippen LogP contribution is -2.51. The van der Waals surface area contributed by atoms with Crippen LogP contribution in [0.5, 0.6) is 0 Å². The molecule has 2 heterocycles. The third kappa shape index (κ3) is 3.52. The highest BCUT2D eigenvalue weighted by Crippen LogP contribution is 2.30. The number of benzene rings is 1. The van der Waals surface area contributed by atoms with Gasteiger partial charge >= 0.3 is 0 Å². The van der Waals surface area contributed by atoms with E-state index in [1.807, 2.05) is 0 Å². The second kappa shape index (κ2) is 7.00. The molecule has 2 aliphatic rings. The highest BCUT2D eigenvalue weighted by molar-refractivity contribution is 8.00. The molecule has 126 valence electrons. The van der Waals surface area contributed by atoms with Gasteiger partial charge in [0.25, 0.3) is 0 Å². The predicted molar refractivity (Wildman–Crippen MR) is 90.4 cm³/mol. The molecule has 9 heteroatoms. The van der Waals surface area contributed by atoms with Gasteiger partial charge in [0.15, 0.2) is 0 Å². The van der Waals surface area contributed by atoms with E-state index in [4.69, 9.17) is 0 Å². The van der Waals surface area contributed by atoms with Crippen molar-refractivity contribution in [1.29, 1.82) is 0 Å². The number of hydrogen-bond donors (Lipinski definition) is 0. The molecule has 0 N–H and O–H groups in total. The van der Waals surface area contributed by atoms with Gasteiger partial charge in [-0.25, -0.2) is 12.8 Å². The molecule has 0 aliphatic carbocycles. The number of rotatable bonds is 3. The average Bonchev–Trinajstić information content (AvgIpc) is 3.05. The van der Waals surface area contributed by atoms with Gasteiger partial charge in [-0.2, -0.15) is 16.1 Å². The van der Waals surface area contributed by atoms with Gasteiger partial charge in [-0.15, -0.1) is 11.8 Å². The standard InChI is InChI=1S/C14H17FN2O3S3/c15-11-2-1-3-12(8-11)23(19,20)17-10-22-9-13(17)14(18)16-4-6-21-7-5-16/h1-3,8,13H,4-7,9-10H2/t13-/m1/s1. The van der Waals surface area contributed by atoms with Crippen molar-refractivity contribution < 1.29 is 17.6 Å². The Morgan fingerprint density at radius 2 is 1.96 bits per heavy atom. The minimum atomic E-state index is -3.87. The highest BCUT2D eigenvalue weighted by Gasteiger charge is 2.41. The van der Waals surface area contributed by atoms with Crippen LogP contribution in [-0.2, 0) is 14.8 Å². The Hall–Kier alpha value is -0.770. The molecule has 1 aromatic rings. The third-order valence-electron chi connectivity index (χ3n) is 3.85. The van der Waals surface area contributed by atoms with Crippen LogP contribution in [0.15, 0.2) is 29.2 Å². The largest absolute Gasteiger partial charge is 0.340 e. The molecule has 1 atom stereocenters. The van der Waals surface area contributed by atoms with E-state index in [-0.39, 0.29) is 16.7 Å². The molecule has 23 heavy (non-hydrogen) atoms. The zero-order chi connectivity index (χ0) is 16.4. The SMILES string of the molecule is O=C([C@H]1CSCN1S(=O)(=O)c1cccc(F)c1)N1CCSCC1. The molecule has 0 saturated carbocycles.